The summed E-state index contributed by atoms with van der Waals surface area (Å²) in [6.45, 7) is 12.8. The Kier molecular flexibility index (Phi) is 9.30. The van der Waals surface area contributed by atoms with Crippen molar-refractivity contribution in [3.05, 3.63) is 70.6 Å². The van der Waals surface area contributed by atoms with Gasteiger partial charge in [0, 0.05) is 83.2 Å². The summed E-state index contributed by atoms with van der Waals surface area (Å²) in [5, 5.41) is 10.3. The maximum Gasteiger partial charge on any atom is 0.113 e. The quantitative estimate of drug-likeness (QED) is 0.429. The summed E-state index contributed by atoms with van der Waals surface area (Å²) >= 11 is 0. The molecule has 4 rings (SSSR count). The fraction of sp³-hybridized carbons (Fsp3) is 0.484. The molecule has 0 spiro atoms. The van der Waals surface area contributed by atoms with E-state index in [2.05, 4.69) is 95.3 Å². The third kappa shape index (κ3) is 6.95. The summed E-state index contributed by atoms with van der Waals surface area (Å²) in [6.07, 6.45) is 9.83. The first-order chi connectivity index (χ1) is 17.9. The monoisotopic (exact) mass is 503 g/mol. The number of anilines is 1. The molecule has 0 saturated carbocycles. The molecule has 0 atom stereocenters. The fourth-order valence-corrected chi connectivity index (χ4v) is 5.38. The predicted octanol–water partition coefficient (Wildman–Crippen LogP) is 5.33. The largest absolute Gasteiger partial charge is 0.512 e. The van der Waals surface area contributed by atoms with E-state index in [1.807, 2.05) is 13.0 Å². The minimum Gasteiger partial charge on any atom is -0.512 e. The number of rotatable bonds is 10. The zero-order valence-electron chi connectivity index (χ0n) is 23.4. The van der Waals surface area contributed by atoms with Crippen LogP contribution in [0.4, 0.5) is 5.82 Å². The Hall–Kier alpha value is -2.80. The van der Waals surface area contributed by atoms with E-state index in [4.69, 9.17) is 0 Å². The lowest BCUT2D eigenvalue weighted by Gasteiger charge is -2.35. The highest BCUT2D eigenvalue weighted by molar-refractivity contribution is 5.94. The van der Waals surface area contributed by atoms with Gasteiger partial charge < -0.3 is 19.9 Å². The second-order valence-corrected chi connectivity index (χ2v) is 10.7. The molecule has 6 heteroatoms. The number of benzene rings is 1. The number of H-pyrrole nitrogens is 1. The van der Waals surface area contributed by atoms with Gasteiger partial charge in [0.15, 0.2) is 0 Å². The number of hydrogen-bond donors (Lipinski definition) is 2. The van der Waals surface area contributed by atoms with Gasteiger partial charge in [-0.05, 0) is 61.9 Å². The van der Waals surface area contributed by atoms with Crippen LogP contribution in [-0.2, 0) is 6.54 Å². The molecule has 0 radical (unpaired) electrons. The van der Waals surface area contributed by atoms with Gasteiger partial charge in [0.25, 0.3) is 0 Å². The van der Waals surface area contributed by atoms with Gasteiger partial charge in [-0.2, -0.15) is 0 Å². The van der Waals surface area contributed by atoms with Crippen molar-refractivity contribution in [2.75, 3.05) is 71.9 Å². The van der Waals surface area contributed by atoms with Gasteiger partial charge in [0.1, 0.15) is 5.82 Å². The summed E-state index contributed by atoms with van der Waals surface area (Å²) in [7, 11) is 6.45. The first-order valence-electron chi connectivity index (χ1n) is 13.7. The van der Waals surface area contributed by atoms with Gasteiger partial charge in [0.2, 0.25) is 0 Å². The van der Waals surface area contributed by atoms with Crippen molar-refractivity contribution >= 4 is 23.0 Å². The van der Waals surface area contributed by atoms with E-state index in [-0.39, 0.29) is 0 Å². The van der Waals surface area contributed by atoms with E-state index in [9.17, 15) is 5.11 Å². The Labute approximate surface area is 223 Å². The van der Waals surface area contributed by atoms with Crippen LogP contribution in [0.1, 0.15) is 48.9 Å². The van der Waals surface area contributed by atoms with Crippen LogP contribution in [0.3, 0.4) is 0 Å². The highest BCUT2D eigenvalue weighted by Gasteiger charge is 2.23. The Morgan fingerprint density at radius 2 is 1.89 bits per heavy atom. The topological polar surface area (TPSA) is 49.0 Å². The highest BCUT2D eigenvalue weighted by Crippen LogP contribution is 2.37. The molecule has 1 fully saturated rings. The number of nitrogens with zero attached hydrogens (tertiary/aromatic N) is 4. The number of aliphatic hydroxyl groups excluding tert-OH is 1. The van der Waals surface area contributed by atoms with E-state index in [1.54, 1.807) is 0 Å². The lowest BCUT2D eigenvalue weighted by Crippen LogP contribution is -2.47. The molecule has 0 bridgehead atoms. The molecule has 37 heavy (non-hydrogen) atoms. The number of nitrogens with one attached hydrogen (secondary N) is 1. The number of allylic oxidation sites excluding steroid dienone is 3. The minimum absolute atomic E-state index is 0.435. The average molecular weight is 504 g/mol. The van der Waals surface area contributed by atoms with Crippen molar-refractivity contribution in [3.63, 3.8) is 0 Å². The minimum atomic E-state index is 0.435. The third-order valence-corrected chi connectivity index (χ3v) is 7.54. The molecule has 1 aromatic heterocycles. The van der Waals surface area contributed by atoms with Crippen LogP contribution in [0.5, 0.6) is 0 Å². The number of likely N-dealkylation sites (N-methyl/N-ethyl adjacent to an activating group) is 2. The lowest BCUT2D eigenvalue weighted by atomic mass is 9.93. The molecule has 2 aliphatic rings. The SMILES string of the molecule is C/C=C(\C/C(O)=C\CC)c1c[nH]c2c1C=C(c1cccc(CN3CCN(CCN(C)C)CC3)c1)CN2C. The maximum atomic E-state index is 10.3. The fourth-order valence-electron chi connectivity index (χ4n) is 5.38. The van der Waals surface area contributed by atoms with Crippen molar-refractivity contribution in [2.45, 2.75) is 33.2 Å². The van der Waals surface area contributed by atoms with Crippen molar-refractivity contribution in [3.8, 4) is 0 Å². The van der Waals surface area contributed by atoms with Crippen LogP contribution in [0.25, 0.3) is 17.2 Å². The van der Waals surface area contributed by atoms with E-state index in [0.717, 1.165) is 70.2 Å². The Morgan fingerprint density at radius 3 is 2.59 bits per heavy atom. The molecule has 6 nitrogen and oxygen atoms in total. The van der Waals surface area contributed by atoms with Crippen LogP contribution in [-0.4, -0.2) is 91.7 Å². The zero-order chi connectivity index (χ0) is 26.4. The Bertz CT molecular complexity index is 1130. The molecule has 0 unspecified atom stereocenters. The highest BCUT2D eigenvalue weighted by atomic mass is 16.3. The summed E-state index contributed by atoms with van der Waals surface area (Å²) in [5.74, 6) is 1.57. The second-order valence-electron chi connectivity index (χ2n) is 10.7. The molecule has 3 heterocycles. The molecular weight excluding hydrogens is 458 g/mol. The molecule has 2 aromatic rings. The molecule has 2 N–H and O–H groups in total. The molecule has 1 aromatic carbocycles. The number of aliphatic hydroxyl groups is 1. The van der Waals surface area contributed by atoms with Crippen LogP contribution in [0.2, 0.25) is 0 Å². The van der Waals surface area contributed by atoms with Crippen LogP contribution >= 0.6 is 0 Å². The van der Waals surface area contributed by atoms with Crippen LogP contribution < -0.4 is 4.90 Å². The van der Waals surface area contributed by atoms with E-state index in [1.165, 1.54) is 27.8 Å². The first kappa shape index (κ1) is 27.2. The molecular formula is C31H45N5O. The van der Waals surface area contributed by atoms with Crippen LogP contribution in [0.15, 0.2) is 48.4 Å². The Morgan fingerprint density at radius 1 is 1.14 bits per heavy atom. The second kappa shape index (κ2) is 12.6. The van der Waals surface area contributed by atoms with E-state index < -0.39 is 0 Å². The van der Waals surface area contributed by atoms with E-state index >= 15 is 0 Å². The molecule has 2 aliphatic heterocycles. The summed E-state index contributed by atoms with van der Waals surface area (Å²) in [5.41, 5.74) is 7.52. The van der Waals surface area contributed by atoms with Crippen LogP contribution in [0, 0.1) is 0 Å². The number of aromatic amines is 1. The maximum absolute atomic E-state index is 10.3. The summed E-state index contributed by atoms with van der Waals surface area (Å²) in [6, 6.07) is 9.09. The number of piperazine rings is 1. The summed E-state index contributed by atoms with van der Waals surface area (Å²) < 4.78 is 0. The lowest BCUT2D eigenvalue weighted by molar-refractivity contribution is 0.120. The molecule has 200 valence electrons. The predicted molar refractivity (Wildman–Crippen MR) is 158 cm³/mol. The first-order valence-corrected chi connectivity index (χ1v) is 13.7. The standard InChI is InChI=1S/C31H45N5O/c1-6-9-28(37)19-25(7-2)30-21-32-31-29(30)20-27(23-34(31)5)26-11-8-10-24(18-26)22-36-16-14-35(15-17-36)13-12-33(3)4/h7-11,18,20-21,32,37H,6,12-17,19,22-23H2,1-5H3/b25-7+,28-9+. The number of aromatic nitrogens is 1. The van der Waals surface area contributed by atoms with Gasteiger partial charge >= 0.3 is 0 Å². The van der Waals surface area contributed by atoms with Gasteiger partial charge in [0.05, 0.1) is 5.76 Å². The number of fused-ring (bicyclic) bond motifs is 1. The Balaban J connectivity index is 1.48. The number of hydrogen-bond acceptors (Lipinski definition) is 5. The van der Waals surface area contributed by atoms with Gasteiger partial charge in [-0.3, -0.25) is 9.80 Å². The molecule has 1 saturated heterocycles. The molecule has 0 aliphatic carbocycles. The summed E-state index contributed by atoms with van der Waals surface area (Å²) in [4.78, 5) is 13.2. The third-order valence-electron chi connectivity index (χ3n) is 7.54. The van der Waals surface area contributed by atoms with Crippen molar-refractivity contribution < 1.29 is 5.11 Å². The molecule has 0 amide bonds. The van der Waals surface area contributed by atoms with Gasteiger partial charge in [-0.25, -0.2) is 0 Å². The van der Waals surface area contributed by atoms with Crippen molar-refractivity contribution in [1.82, 2.24) is 19.7 Å². The van der Waals surface area contributed by atoms with Gasteiger partial charge in [-0.15, -0.1) is 0 Å². The average Bonchev–Trinajstić information content (AvgIpc) is 3.32. The van der Waals surface area contributed by atoms with Crippen molar-refractivity contribution in [2.24, 2.45) is 0 Å². The van der Waals surface area contributed by atoms with Gasteiger partial charge in [-0.1, -0.05) is 37.3 Å². The normalized spacial score (nSPS) is 17.9. The van der Waals surface area contributed by atoms with E-state index in [0.29, 0.717) is 12.2 Å². The zero-order valence-corrected chi connectivity index (χ0v) is 23.4. The smallest absolute Gasteiger partial charge is 0.113 e. The van der Waals surface area contributed by atoms with Crippen molar-refractivity contribution in [1.29, 1.82) is 0 Å².